The first-order valence-corrected chi connectivity index (χ1v) is 15.9. The van der Waals surface area contributed by atoms with E-state index in [1.165, 1.54) is 26.2 Å². The van der Waals surface area contributed by atoms with Gasteiger partial charge >= 0.3 is 0 Å². The number of piperidine rings is 1. The summed E-state index contributed by atoms with van der Waals surface area (Å²) < 4.78 is 72.3. The Kier molecular flexibility index (Phi) is 9.36. The zero-order valence-corrected chi connectivity index (χ0v) is 24.8. The van der Waals surface area contributed by atoms with E-state index in [0.29, 0.717) is 16.9 Å². The molecule has 2 aromatic carbocycles. The summed E-state index contributed by atoms with van der Waals surface area (Å²) in [4.78, 5) is 14.5. The molecule has 1 atom stereocenters. The Hall–Kier alpha value is -2.67. The average molecular weight is 602 g/mol. The summed E-state index contributed by atoms with van der Waals surface area (Å²) in [5.74, 6) is -0.524. The second kappa shape index (κ2) is 11.8. The molecule has 1 N–H and O–H groups in total. The molecule has 0 saturated carbocycles. The lowest BCUT2D eigenvalue weighted by Crippen LogP contribution is -2.53. The molecule has 214 valence electrons. The van der Waals surface area contributed by atoms with Crippen LogP contribution in [0.2, 0.25) is 5.02 Å². The summed E-state index contributed by atoms with van der Waals surface area (Å²) in [6.45, 7) is 1.08. The van der Waals surface area contributed by atoms with Crippen molar-refractivity contribution in [3.05, 3.63) is 52.9 Å². The summed E-state index contributed by atoms with van der Waals surface area (Å²) in [6.07, 6.45) is 1.54. The van der Waals surface area contributed by atoms with Crippen molar-refractivity contribution in [2.24, 2.45) is 0 Å². The van der Waals surface area contributed by atoms with Gasteiger partial charge in [-0.15, -0.1) is 0 Å². The van der Waals surface area contributed by atoms with Gasteiger partial charge in [-0.1, -0.05) is 29.8 Å². The van der Waals surface area contributed by atoms with Crippen molar-refractivity contribution in [2.75, 3.05) is 45.5 Å². The highest BCUT2D eigenvalue weighted by Crippen LogP contribution is 2.41. The summed E-state index contributed by atoms with van der Waals surface area (Å²) in [5.41, 5.74) is -0.718. The van der Waals surface area contributed by atoms with Crippen LogP contribution in [0.15, 0.2) is 52.8 Å². The largest absolute Gasteiger partial charge is 0.495 e. The van der Waals surface area contributed by atoms with E-state index >= 15 is 4.39 Å². The molecule has 39 heavy (non-hydrogen) atoms. The van der Waals surface area contributed by atoms with Gasteiger partial charge in [0.15, 0.2) is 15.5 Å². The minimum Gasteiger partial charge on any atom is -0.495 e. The molecule has 0 unspecified atom stereocenters. The van der Waals surface area contributed by atoms with Crippen molar-refractivity contribution in [3.63, 3.8) is 0 Å². The van der Waals surface area contributed by atoms with Gasteiger partial charge in [0.2, 0.25) is 10.0 Å². The van der Waals surface area contributed by atoms with Gasteiger partial charge in [-0.05, 0) is 31.2 Å². The number of methoxy groups -OCH3 is 1. The molecule has 0 radical (unpaired) electrons. The van der Waals surface area contributed by atoms with Gasteiger partial charge in [-0.25, -0.2) is 21.2 Å². The van der Waals surface area contributed by atoms with Gasteiger partial charge in [0.1, 0.15) is 5.75 Å². The number of amides is 1. The average Bonchev–Trinajstić information content (AvgIpc) is 2.87. The van der Waals surface area contributed by atoms with Crippen molar-refractivity contribution in [3.8, 4) is 16.9 Å². The highest BCUT2D eigenvalue weighted by Gasteiger charge is 2.45. The van der Waals surface area contributed by atoms with E-state index in [1.54, 1.807) is 30.3 Å². The normalized spacial score (nSPS) is 17.1. The number of ether oxygens (including phenoxy) is 1. The number of halogens is 2. The van der Waals surface area contributed by atoms with E-state index in [-0.39, 0.29) is 35.8 Å². The molecule has 1 saturated heterocycles. The SMILES string of the molecule is COc1cccc(-c2cc(N(C)C)ccc2S(=O)(=O)N2CCC(F)(C(=O)N[C@@H](C)/C=C\S(C)(=O)=O)CC2)c1Cl. The number of rotatable bonds is 9. The summed E-state index contributed by atoms with van der Waals surface area (Å²) in [7, 11) is -2.38. The van der Waals surface area contributed by atoms with Gasteiger partial charge in [0, 0.05) is 74.5 Å². The molecule has 1 heterocycles. The van der Waals surface area contributed by atoms with Gasteiger partial charge in [-0.3, -0.25) is 4.79 Å². The van der Waals surface area contributed by atoms with Crippen LogP contribution in [-0.2, 0) is 24.7 Å². The van der Waals surface area contributed by atoms with Crippen molar-refractivity contribution >= 4 is 43.1 Å². The maximum absolute atomic E-state index is 15.6. The van der Waals surface area contributed by atoms with Gasteiger partial charge < -0.3 is 15.0 Å². The smallest absolute Gasteiger partial charge is 0.258 e. The van der Waals surface area contributed by atoms with Crippen molar-refractivity contribution in [2.45, 2.75) is 36.4 Å². The van der Waals surface area contributed by atoms with Crippen LogP contribution in [0.4, 0.5) is 10.1 Å². The number of hydrogen-bond acceptors (Lipinski definition) is 7. The fraction of sp³-hybridized carbons (Fsp3) is 0.423. The van der Waals surface area contributed by atoms with E-state index < -0.39 is 37.5 Å². The number of sulfonamides is 1. The Labute approximate surface area is 234 Å². The predicted molar refractivity (Wildman–Crippen MR) is 151 cm³/mol. The van der Waals surface area contributed by atoms with Crippen LogP contribution >= 0.6 is 11.6 Å². The number of nitrogens with zero attached hydrogens (tertiary/aromatic N) is 2. The standard InChI is InChI=1S/C26H33ClFN3O6S2/c1-18(11-16-38(5,33)34)29-25(32)26(28)12-14-31(15-13-26)39(35,36)23-10-9-19(30(2)3)17-21(23)20-7-6-8-22(37-4)24(20)27/h6-11,16-18H,12-15H2,1-5H3,(H,29,32)/b16-11-/t18-/m0/s1. The van der Waals surface area contributed by atoms with Crippen LogP contribution in [-0.4, -0.2) is 79.3 Å². The first-order chi connectivity index (χ1) is 18.1. The van der Waals surface area contributed by atoms with Gasteiger partial charge in [-0.2, -0.15) is 4.31 Å². The molecule has 9 nitrogen and oxygen atoms in total. The number of carbonyl (C=O) groups is 1. The van der Waals surface area contributed by atoms with Crippen molar-refractivity contribution in [1.29, 1.82) is 0 Å². The van der Waals surface area contributed by atoms with E-state index in [1.807, 2.05) is 19.0 Å². The number of benzene rings is 2. The Bertz CT molecular complexity index is 1470. The molecule has 0 spiro atoms. The van der Waals surface area contributed by atoms with Crippen LogP contribution in [0.5, 0.6) is 5.75 Å². The Balaban J connectivity index is 1.88. The molecule has 0 aliphatic carbocycles. The topological polar surface area (TPSA) is 113 Å². The first kappa shape index (κ1) is 30.9. The molecular weight excluding hydrogens is 569 g/mol. The molecule has 13 heteroatoms. The van der Waals surface area contributed by atoms with Crippen LogP contribution < -0.4 is 15.0 Å². The van der Waals surface area contributed by atoms with Gasteiger partial charge in [0.05, 0.1) is 17.0 Å². The molecule has 3 rings (SSSR count). The second-order valence-corrected chi connectivity index (χ2v) is 13.9. The molecule has 1 aliphatic rings. The number of anilines is 1. The van der Waals surface area contributed by atoms with Crippen molar-refractivity contribution in [1.82, 2.24) is 9.62 Å². The minimum absolute atomic E-state index is 0.00130. The van der Waals surface area contributed by atoms with Crippen LogP contribution in [0.25, 0.3) is 11.1 Å². The first-order valence-electron chi connectivity index (χ1n) is 12.1. The quantitative estimate of drug-likeness (QED) is 0.467. The highest BCUT2D eigenvalue weighted by molar-refractivity contribution is 7.93. The van der Waals surface area contributed by atoms with Gasteiger partial charge in [0.25, 0.3) is 5.91 Å². The maximum Gasteiger partial charge on any atom is 0.258 e. The number of alkyl halides is 1. The summed E-state index contributed by atoms with van der Waals surface area (Å²) >= 11 is 6.57. The zero-order chi connectivity index (χ0) is 29.2. The lowest BCUT2D eigenvalue weighted by atomic mass is 9.93. The Morgan fingerprint density at radius 1 is 1.15 bits per heavy atom. The minimum atomic E-state index is -4.10. The number of nitrogens with one attached hydrogen (secondary N) is 1. The van der Waals surface area contributed by atoms with Crippen LogP contribution in [0, 0.1) is 0 Å². The molecule has 1 aliphatic heterocycles. The third-order valence-corrected chi connectivity index (χ3v) is 9.46. The number of sulfone groups is 1. The fourth-order valence-electron chi connectivity index (χ4n) is 4.20. The molecule has 0 aromatic heterocycles. The molecule has 2 aromatic rings. The van der Waals surface area contributed by atoms with Crippen LogP contribution in [0.1, 0.15) is 19.8 Å². The Morgan fingerprint density at radius 2 is 1.79 bits per heavy atom. The molecule has 1 fully saturated rings. The highest BCUT2D eigenvalue weighted by atomic mass is 35.5. The molecule has 1 amide bonds. The van der Waals surface area contributed by atoms with E-state index in [2.05, 4.69) is 5.32 Å². The predicted octanol–water partition coefficient (Wildman–Crippen LogP) is 3.64. The van der Waals surface area contributed by atoms with E-state index in [0.717, 1.165) is 21.7 Å². The maximum atomic E-state index is 15.6. The number of hydrogen-bond donors (Lipinski definition) is 1. The van der Waals surface area contributed by atoms with Crippen LogP contribution in [0.3, 0.4) is 0 Å². The number of carbonyl (C=O) groups excluding carboxylic acids is 1. The molecular formula is C26H33ClFN3O6S2. The van der Waals surface area contributed by atoms with Crippen molar-refractivity contribution < 1.29 is 30.8 Å². The monoisotopic (exact) mass is 601 g/mol. The third-order valence-electron chi connectivity index (χ3n) is 6.47. The summed E-state index contributed by atoms with van der Waals surface area (Å²) in [6, 6.07) is 9.24. The third kappa shape index (κ3) is 7.10. The zero-order valence-electron chi connectivity index (χ0n) is 22.4. The second-order valence-electron chi connectivity index (χ2n) is 9.69. The Morgan fingerprint density at radius 3 is 2.36 bits per heavy atom. The lowest BCUT2D eigenvalue weighted by molar-refractivity contribution is -0.135. The van der Waals surface area contributed by atoms with E-state index in [4.69, 9.17) is 16.3 Å². The molecule has 0 bridgehead atoms. The fourth-order valence-corrected chi connectivity index (χ4v) is 6.65. The lowest BCUT2D eigenvalue weighted by Gasteiger charge is -2.35. The summed E-state index contributed by atoms with van der Waals surface area (Å²) in [5, 5.41) is 3.64. The van der Waals surface area contributed by atoms with E-state index in [9.17, 15) is 21.6 Å².